The van der Waals surface area contributed by atoms with Gasteiger partial charge in [0.05, 0.1) is 5.69 Å². The third kappa shape index (κ3) is 4.36. The summed E-state index contributed by atoms with van der Waals surface area (Å²) in [5.74, 6) is -2.44. The summed E-state index contributed by atoms with van der Waals surface area (Å²) in [5.41, 5.74) is 1.29. The van der Waals surface area contributed by atoms with Crippen LogP contribution in [0.25, 0.3) is 11.3 Å². The van der Waals surface area contributed by atoms with E-state index in [1.54, 1.807) is 29.8 Å². The van der Waals surface area contributed by atoms with Crippen molar-refractivity contribution >= 4 is 22.4 Å². The average molecular weight is 361 g/mol. The largest absolute Gasteiger partial charge is 0.480 e. The number of benzene rings is 1. The molecule has 0 bridgehead atoms. The van der Waals surface area contributed by atoms with E-state index in [4.69, 9.17) is 0 Å². The van der Waals surface area contributed by atoms with Gasteiger partial charge < -0.3 is 10.4 Å². The van der Waals surface area contributed by atoms with Gasteiger partial charge in [-0.2, -0.15) is 0 Å². The fraction of sp³-hybridized carbons (Fsp3) is 0.118. The molecule has 8 heteroatoms. The van der Waals surface area contributed by atoms with Crippen LogP contribution in [0.15, 0.2) is 48.0 Å². The second-order valence-corrected chi connectivity index (χ2v) is 6.11. The van der Waals surface area contributed by atoms with Crippen LogP contribution < -0.4 is 5.32 Å². The molecule has 0 saturated heterocycles. The Labute approximate surface area is 146 Å². The number of halogens is 2. The maximum atomic E-state index is 13.3. The Bertz CT molecular complexity index is 866. The summed E-state index contributed by atoms with van der Waals surface area (Å²) in [6, 6.07) is 7.47. The van der Waals surface area contributed by atoms with E-state index in [9.17, 15) is 18.7 Å². The number of hydrogen-bond acceptors (Lipinski definition) is 5. The van der Waals surface area contributed by atoms with E-state index < -0.39 is 23.6 Å². The minimum atomic E-state index is -1.04. The quantitative estimate of drug-likeness (QED) is 0.702. The van der Waals surface area contributed by atoms with Gasteiger partial charge in [-0.3, -0.25) is 4.98 Å². The van der Waals surface area contributed by atoms with Gasteiger partial charge >= 0.3 is 5.97 Å². The van der Waals surface area contributed by atoms with Crippen LogP contribution in [-0.4, -0.2) is 27.1 Å². The zero-order valence-electron chi connectivity index (χ0n) is 12.8. The van der Waals surface area contributed by atoms with Gasteiger partial charge in [0.1, 0.15) is 17.7 Å². The van der Waals surface area contributed by atoms with Crippen molar-refractivity contribution < 1.29 is 18.7 Å². The Balaban J connectivity index is 1.77. The zero-order chi connectivity index (χ0) is 17.8. The maximum Gasteiger partial charge on any atom is 0.326 e. The van der Waals surface area contributed by atoms with Crippen molar-refractivity contribution in [3.8, 4) is 11.3 Å². The summed E-state index contributed by atoms with van der Waals surface area (Å²) in [7, 11) is 0. The number of anilines is 1. The molecule has 3 rings (SSSR count). The van der Waals surface area contributed by atoms with Gasteiger partial charge in [0.2, 0.25) is 0 Å². The van der Waals surface area contributed by atoms with Crippen LogP contribution in [0.4, 0.5) is 13.9 Å². The Morgan fingerprint density at radius 3 is 2.64 bits per heavy atom. The molecule has 2 N–H and O–H groups in total. The Hall–Kier alpha value is -2.87. The van der Waals surface area contributed by atoms with E-state index in [0.29, 0.717) is 22.1 Å². The number of pyridine rings is 1. The Morgan fingerprint density at radius 2 is 2.00 bits per heavy atom. The third-order valence-electron chi connectivity index (χ3n) is 3.40. The number of aromatic nitrogens is 2. The number of aliphatic carboxylic acids is 1. The number of rotatable bonds is 6. The van der Waals surface area contributed by atoms with Crippen LogP contribution in [0.2, 0.25) is 0 Å². The topological polar surface area (TPSA) is 75.1 Å². The summed E-state index contributed by atoms with van der Waals surface area (Å²) < 4.78 is 26.6. The Kier molecular flexibility index (Phi) is 4.99. The normalized spacial score (nSPS) is 11.9. The predicted octanol–water partition coefficient (Wildman–Crippen LogP) is 3.59. The molecule has 0 aliphatic heterocycles. The highest BCUT2D eigenvalue weighted by atomic mass is 32.1. The highest BCUT2D eigenvalue weighted by Crippen LogP contribution is 2.26. The first-order valence-electron chi connectivity index (χ1n) is 7.32. The number of thiazole rings is 1. The van der Waals surface area contributed by atoms with Gasteiger partial charge in [-0.25, -0.2) is 18.6 Å². The lowest BCUT2D eigenvalue weighted by Gasteiger charge is -2.13. The fourth-order valence-corrected chi connectivity index (χ4v) is 3.02. The van der Waals surface area contributed by atoms with Crippen molar-refractivity contribution in [1.29, 1.82) is 0 Å². The molecule has 0 unspecified atom stereocenters. The summed E-state index contributed by atoms with van der Waals surface area (Å²) in [6.45, 7) is 0. The SMILES string of the molecule is O=C(O)[C@H](Cc1ccccn1)Nc1nc(-c2cc(F)cc(F)c2)cs1. The van der Waals surface area contributed by atoms with E-state index in [1.165, 1.54) is 12.1 Å². The molecular formula is C17H13F2N3O2S. The molecule has 3 aromatic rings. The van der Waals surface area contributed by atoms with Crippen molar-refractivity contribution in [2.75, 3.05) is 5.32 Å². The molecule has 0 fully saturated rings. The molecule has 1 atom stereocenters. The average Bonchev–Trinajstić information content (AvgIpc) is 3.03. The standard InChI is InChI=1S/C17H13F2N3O2S/c18-11-5-10(6-12(19)7-11)15-9-25-17(22-15)21-14(16(23)24)8-13-3-1-2-4-20-13/h1-7,9,14H,8H2,(H,21,22)(H,23,24)/t14-/m0/s1. The monoisotopic (exact) mass is 361 g/mol. The van der Waals surface area contributed by atoms with Gasteiger partial charge in [0, 0.05) is 35.3 Å². The predicted molar refractivity (Wildman–Crippen MR) is 90.5 cm³/mol. The van der Waals surface area contributed by atoms with E-state index in [-0.39, 0.29) is 6.42 Å². The molecule has 0 saturated carbocycles. The summed E-state index contributed by atoms with van der Waals surface area (Å²) in [5, 5.41) is 14.2. The lowest BCUT2D eigenvalue weighted by Crippen LogP contribution is -2.31. The Morgan fingerprint density at radius 1 is 1.24 bits per heavy atom. The van der Waals surface area contributed by atoms with Crippen molar-refractivity contribution in [2.24, 2.45) is 0 Å². The number of nitrogens with zero attached hydrogens (tertiary/aromatic N) is 2. The van der Waals surface area contributed by atoms with Crippen LogP contribution in [0, 0.1) is 11.6 Å². The van der Waals surface area contributed by atoms with Gasteiger partial charge in [-0.05, 0) is 24.3 Å². The molecule has 0 amide bonds. The fourth-order valence-electron chi connectivity index (χ4n) is 2.25. The van der Waals surface area contributed by atoms with E-state index in [1.807, 2.05) is 0 Å². The number of carbonyl (C=O) groups is 1. The molecule has 0 radical (unpaired) electrons. The highest BCUT2D eigenvalue weighted by Gasteiger charge is 2.20. The summed E-state index contributed by atoms with van der Waals surface area (Å²) in [4.78, 5) is 19.8. The molecule has 1 aromatic carbocycles. The molecule has 0 spiro atoms. The van der Waals surface area contributed by atoms with Gasteiger partial charge in [-0.1, -0.05) is 6.07 Å². The van der Waals surface area contributed by atoms with Crippen LogP contribution in [-0.2, 0) is 11.2 Å². The maximum absolute atomic E-state index is 13.3. The highest BCUT2D eigenvalue weighted by molar-refractivity contribution is 7.14. The number of carboxylic acid groups (broad SMARTS) is 1. The van der Waals surface area contributed by atoms with Gasteiger partial charge in [0.25, 0.3) is 0 Å². The minimum absolute atomic E-state index is 0.180. The van der Waals surface area contributed by atoms with Crippen molar-refractivity contribution in [2.45, 2.75) is 12.5 Å². The van der Waals surface area contributed by atoms with Crippen LogP contribution in [0.5, 0.6) is 0 Å². The van der Waals surface area contributed by atoms with E-state index in [0.717, 1.165) is 17.4 Å². The molecule has 2 heterocycles. The second-order valence-electron chi connectivity index (χ2n) is 5.26. The number of carboxylic acids is 1. The summed E-state index contributed by atoms with van der Waals surface area (Å²) >= 11 is 1.16. The first-order chi connectivity index (χ1) is 12.0. The molecule has 128 valence electrons. The molecular weight excluding hydrogens is 348 g/mol. The number of hydrogen-bond donors (Lipinski definition) is 2. The molecule has 0 aliphatic rings. The van der Waals surface area contributed by atoms with Gasteiger partial charge in [0.15, 0.2) is 5.13 Å². The molecule has 5 nitrogen and oxygen atoms in total. The molecule has 25 heavy (non-hydrogen) atoms. The smallest absolute Gasteiger partial charge is 0.326 e. The lowest BCUT2D eigenvalue weighted by molar-refractivity contribution is -0.137. The molecule has 2 aromatic heterocycles. The summed E-state index contributed by atoms with van der Waals surface area (Å²) in [6.07, 6.45) is 1.77. The first-order valence-corrected chi connectivity index (χ1v) is 8.20. The van der Waals surface area contributed by atoms with Gasteiger partial charge in [-0.15, -0.1) is 11.3 Å². The van der Waals surface area contributed by atoms with Crippen molar-refractivity contribution in [3.05, 3.63) is 65.3 Å². The lowest BCUT2D eigenvalue weighted by atomic mass is 10.1. The van der Waals surface area contributed by atoms with Crippen LogP contribution in [0.3, 0.4) is 0 Å². The van der Waals surface area contributed by atoms with Crippen molar-refractivity contribution in [3.63, 3.8) is 0 Å². The number of nitrogens with one attached hydrogen (secondary N) is 1. The zero-order valence-corrected chi connectivity index (χ0v) is 13.6. The van der Waals surface area contributed by atoms with Crippen LogP contribution >= 0.6 is 11.3 Å². The van der Waals surface area contributed by atoms with E-state index in [2.05, 4.69) is 15.3 Å². The third-order valence-corrected chi connectivity index (χ3v) is 4.17. The van der Waals surface area contributed by atoms with Crippen molar-refractivity contribution in [1.82, 2.24) is 9.97 Å². The first kappa shape index (κ1) is 17.0. The van der Waals surface area contributed by atoms with E-state index >= 15 is 0 Å². The minimum Gasteiger partial charge on any atom is -0.480 e. The second kappa shape index (κ2) is 7.35. The molecule has 0 aliphatic carbocycles. The van der Waals surface area contributed by atoms with Crippen LogP contribution in [0.1, 0.15) is 5.69 Å².